The average Bonchev–Trinajstić information content (AvgIpc) is 2.91. The van der Waals surface area contributed by atoms with E-state index in [2.05, 4.69) is 5.32 Å². The summed E-state index contributed by atoms with van der Waals surface area (Å²) >= 11 is 0. The second kappa shape index (κ2) is 5.20. The smallest absolute Gasteiger partial charge is 0.311 e. The van der Waals surface area contributed by atoms with Crippen LogP contribution in [0.2, 0.25) is 0 Å². The second-order valence-corrected chi connectivity index (χ2v) is 5.39. The van der Waals surface area contributed by atoms with Crippen LogP contribution in [0, 0.1) is 0 Å². The minimum absolute atomic E-state index is 0.109. The van der Waals surface area contributed by atoms with Gasteiger partial charge in [0, 0.05) is 18.7 Å². The topological polar surface area (TPSA) is 86.7 Å². The van der Waals surface area contributed by atoms with Crippen LogP contribution in [0.25, 0.3) is 0 Å². The van der Waals surface area contributed by atoms with Gasteiger partial charge in [-0.2, -0.15) is 0 Å². The number of nitrogens with zero attached hydrogens (tertiary/aromatic N) is 1. The van der Waals surface area contributed by atoms with E-state index >= 15 is 0 Å². The zero-order valence-electron chi connectivity index (χ0n) is 11.4. The van der Waals surface area contributed by atoms with Crippen molar-refractivity contribution in [1.29, 1.82) is 0 Å². The zero-order chi connectivity index (χ0) is 15.0. The van der Waals surface area contributed by atoms with Crippen LogP contribution in [-0.4, -0.2) is 35.5 Å². The maximum absolute atomic E-state index is 12.5. The van der Waals surface area contributed by atoms with Crippen LogP contribution in [0.5, 0.6) is 0 Å². The SMILES string of the molecule is O=C1CC[C@H](C(=O)N2CCC(C(=O)O)c3ccccc32)N1. The van der Waals surface area contributed by atoms with Crippen molar-refractivity contribution in [2.45, 2.75) is 31.2 Å². The maximum Gasteiger partial charge on any atom is 0.311 e. The largest absolute Gasteiger partial charge is 0.481 e. The first kappa shape index (κ1) is 13.6. The predicted molar refractivity (Wildman–Crippen MR) is 75.0 cm³/mol. The molecular weight excluding hydrogens is 272 g/mol. The van der Waals surface area contributed by atoms with Crippen LogP contribution in [0.15, 0.2) is 24.3 Å². The van der Waals surface area contributed by atoms with Gasteiger partial charge in [-0.25, -0.2) is 0 Å². The molecule has 0 aliphatic carbocycles. The summed E-state index contributed by atoms with van der Waals surface area (Å²) in [6.07, 6.45) is 1.25. The van der Waals surface area contributed by atoms with Crippen LogP contribution in [0.4, 0.5) is 5.69 Å². The first-order valence-corrected chi connectivity index (χ1v) is 7.00. The first-order chi connectivity index (χ1) is 10.1. The fourth-order valence-corrected chi connectivity index (χ4v) is 3.03. The van der Waals surface area contributed by atoms with Gasteiger partial charge in [-0.1, -0.05) is 18.2 Å². The summed E-state index contributed by atoms with van der Waals surface area (Å²) in [5, 5.41) is 12.0. The lowest BCUT2D eigenvalue weighted by atomic mass is 9.89. The van der Waals surface area contributed by atoms with E-state index in [0.29, 0.717) is 37.1 Å². The van der Waals surface area contributed by atoms with E-state index < -0.39 is 17.9 Å². The van der Waals surface area contributed by atoms with Crippen molar-refractivity contribution in [3.05, 3.63) is 29.8 Å². The molecule has 0 bridgehead atoms. The molecule has 0 aromatic heterocycles. The fraction of sp³-hybridized carbons (Fsp3) is 0.400. The average molecular weight is 288 g/mol. The van der Waals surface area contributed by atoms with Gasteiger partial charge in [0.2, 0.25) is 11.8 Å². The number of benzene rings is 1. The van der Waals surface area contributed by atoms with Gasteiger partial charge in [0.1, 0.15) is 6.04 Å². The van der Waals surface area contributed by atoms with Crippen molar-refractivity contribution < 1.29 is 19.5 Å². The van der Waals surface area contributed by atoms with E-state index in [9.17, 15) is 19.5 Å². The van der Waals surface area contributed by atoms with E-state index in [1.165, 1.54) is 0 Å². The molecule has 1 aromatic rings. The van der Waals surface area contributed by atoms with E-state index in [1.54, 1.807) is 29.2 Å². The molecule has 0 saturated carbocycles. The minimum Gasteiger partial charge on any atom is -0.481 e. The monoisotopic (exact) mass is 288 g/mol. The Hall–Kier alpha value is -2.37. The fourth-order valence-electron chi connectivity index (χ4n) is 3.03. The number of rotatable bonds is 2. The van der Waals surface area contributed by atoms with Crippen LogP contribution in [0.1, 0.15) is 30.7 Å². The number of carbonyl (C=O) groups excluding carboxylic acids is 2. The number of para-hydroxylation sites is 1. The third kappa shape index (κ3) is 2.37. The van der Waals surface area contributed by atoms with Gasteiger partial charge in [0.25, 0.3) is 0 Å². The van der Waals surface area contributed by atoms with Crippen LogP contribution < -0.4 is 10.2 Å². The highest BCUT2D eigenvalue weighted by Gasteiger charge is 2.36. The van der Waals surface area contributed by atoms with Gasteiger partial charge in [-0.05, 0) is 24.5 Å². The molecular formula is C15H16N2O4. The summed E-state index contributed by atoms with van der Waals surface area (Å²) in [7, 11) is 0. The van der Waals surface area contributed by atoms with Gasteiger partial charge in [-0.15, -0.1) is 0 Å². The quantitative estimate of drug-likeness (QED) is 0.845. The Kier molecular flexibility index (Phi) is 3.37. The van der Waals surface area contributed by atoms with Crippen molar-refractivity contribution in [2.75, 3.05) is 11.4 Å². The van der Waals surface area contributed by atoms with Gasteiger partial charge in [0.15, 0.2) is 0 Å². The lowest BCUT2D eigenvalue weighted by Gasteiger charge is -2.34. The summed E-state index contributed by atoms with van der Waals surface area (Å²) in [6.45, 7) is 0.360. The summed E-state index contributed by atoms with van der Waals surface area (Å²) in [5.41, 5.74) is 1.30. The number of carbonyl (C=O) groups is 3. The summed E-state index contributed by atoms with van der Waals surface area (Å²) in [6, 6.07) is 6.59. The number of amides is 2. The van der Waals surface area contributed by atoms with Crippen LogP contribution >= 0.6 is 0 Å². The molecule has 2 aliphatic heterocycles. The van der Waals surface area contributed by atoms with Gasteiger partial charge < -0.3 is 15.3 Å². The molecule has 2 heterocycles. The van der Waals surface area contributed by atoms with Gasteiger partial charge in [0.05, 0.1) is 5.92 Å². The number of carboxylic acid groups (broad SMARTS) is 1. The van der Waals surface area contributed by atoms with E-state index in [4.69, 9.17) is 0 Å². The molecule has 21 heavy (non-hydrogen) atoms. The molecule has 2 atom stereocenters. The standard InChI is InChI=1S/C15H16N2O4/c18-13-6-5-11(16-13)14(19)17-8-7-10(15(20)21)9-3-1-2-4-12(9)17/h1-4,10-11H,5-8H2,(H,16,18)(H,20,21)/t10?,11-/m1/s1. The van der Waals surface area contributed by atoms with Crippen LogP contribution in [-0.2, 0) is 14.4 Å². The first-order valence-electron chi connectivity index (χ1n) is 7.00. The highest BCUT2D eigenvalue weighted by Crippen LogP contribution is 2.36. The summed E-state index contributed by atoms with van der Waals surface area (Å²) in [4.78, 5) is 36.8. The Bertz CT molecular complexity index is 613. The van der Waals surface area contributed by atoms with Crippen molar-refractivity contribution in [1.82, 2.24) is 5.32 Å². The molecule has 1 aromatic carbocycles. The second-order valence-electron chi connectivity index (χ2n) is 5.39. The third-order valence-corrected chi connectivity index (χ3v) is 4.10. The molecule has 1 unspecified atom stereocenters. The van der Waals surface area contributed by atoms with Crippen molar-refractivity contribution in [3.8, 4) is 0 Å². The molecule has 2 N–H and O–H groups in total. The van der Waals surface area contributed by atoms with Crippen LogP contribution in [0.3, 0.4) is 0 Å². The number of fused-ring (bicyclic) bond motifs is 1. The Morgan fingerprint density at radius 3 is 2.67 bits per heavy atom. The molecule has 6 nitrogen and oxygen atoms in total. The third-order valence-electron chi connectivity index (χ3n) is 4.10. The molecule has 2 amide bonds. The Morgan fingerprint density at radius 2 is 2.00 bits per heavy atom. The number of nitrogens with one attached hydrogen (secondary N) is 1. The molecule has 1 fully saturated rings. The number of hydrogen-bond acceptors (Lipinski definition) is 3. The maximum atomic E-state index is 12.5. The molecule has 3 rings (SSSR count). The predicted octanol–water partition coefficient (Wildman–Crippen LogP) is 0.870. The van der Waals surface area contributed by atoms with Gasteiger partial charge in [-0.3, -0.25) is 14.4 Å². The summed E-state index contributed by atoms with van der Waals surface area (Å²) < 4.78 is 0. The highest BCUT2D eigenvalue weighted by atomic mass is 16.4. The van der Waals surface area contributed by atoms with Crippen molar-refractivity contribution in [2.24, 2.45) is 0 Å². The molecule has 6 heteroatoms. The lowest BCUT2D eigenvalue weighted by molar-refractivity contribution is -0.139. The Labute approximate surface area is 121 Å². The van der Waals surface area contributed by atoms with E-state index in [-0.39, 0.29) is 11.8 Å². The number of carboxylic acids is 1. The molecule has 0 radical (unpaired) electrons. The normalized spacial score (nSPS) is 24.4. The summed E-state index contributed by atoms with van der Waals surface area (Å²) in [5.74, 6) is -1.72. The highest BCUT2D eigenvalue weighted by molar-refractivity contribution is 6.02. The molecule has 0 spiro atoms. The number of aliphatic carboxylic acids is 1. The van der Waals surface area contributed by atoms with Crippen molar-refractivity contribution in [3.63, 3.8) is 0 Å². The van der Waals surface area contributed by atoms with Crippen molar-refractivity contribution >= 4 is 23.5 Å². The minimum atomic E-state index is -0.872. The Morgan fingerprint density at radius 1 is 1.24 bits per heavy atom. The van der Waals surface area contributed by atoms with Gasteiger partial charge >= 0.3 is 5.97 Å². The number of hydrogen-bond donors (Lipinski definition) is 2. The molecule has 110 valence electrons. The zero-order valence-corrected chi connectivity index (χ0v) is 11.4. The van der Waals surface area contributed by atoms with E-state index in [0.717, 1.165) is 0 Å². The number of anilines is 1. The molecule has 2 aliphatic rings. The van der Waals surface area contributed by atoms with E-state index in [1.807, 2.05) is 0 Å². The molecule has 1 saturated heterocycles. The Balaban J connectivity index is 1.90. The lowest BCUT2D eigenvalue weighted by Crippen LogP contribution is -2.47.